The summed E-state index contributed by atoms with van der Waals surface area (Å²) in [4.78, 5) is 16.2. The number of hydrogen-bond donors (Lipinski definition) is 1. The normalized spacial score (nSPS) is 12.4. The van der Waals surface area contributed by atoms with E-state index < -0.39 is 17.7 Å². The van der Waals surface area contributed by atoms with E-state index in [9.17, 15) is 14.3 Å². The van der Waals surface area contributed by atoms with Crippen LogP contribution in [0.5, 0.6) is 0 Å². The molecule has 3 rings (SSSR count). The van der Waals surface area contributed by atoms with Crippen LogP contribution in [0.15, 0.2) is 47.2 Å². The van der Waals surface area contributed by atoms with Crippen LogP contribution in [0.4, 0.5) is 4.39 Å². The number of halogens is 4. The molecule has 29 heavy (non-hydrogen) atoms. The fraction of sp³-hybridized carbons (Fsp3) is 0.238. The van der Waals surface area contributed by atoms with Gasteiger partial charge in [-0.25, -0.2) is 14.2 Å². The molecule has 0 spiro atoms. The summed E-state index contributed by atoms with van der Waals surface area (Å²) in [6, 6.07) is 11.8. The van der Waals surface area contributed by atoms with Crippen molar-refractivity contribution in [3.8, 4) is 0 Å². The lowest BCUT2D eigenvalue weighted by Gasteiger charge is -2.23. The van der Waals surface area contributed by atoms with Crippen LogP contribution in [-0.2, 0) is 6.42 Å². The zero-order valence-corrected chi connectivity index (χ0v) is 18.8. The standard InChI is InChI=1S/C21H18BrCl2FN2O2/c1-11(2)27-19(18(20(28)29)26-21(27)22)15(12-6-8-14(23)9-7-12)10-13-4-3-5-16(24)17(13)25/h3-9,11,15H,10H2,1-2H3,(H,28,29). The summed E-state index contributed by atoms with van der Waals surface area (Å²) in [5.41, 5.74) is 1.60. The molecular weight excluding hydrogens is 482 g/mol. The number of rotatable bonds is 6. The number of carboxylic acid groups (broad SMARTS) is 1. The van der Waals surface area contributed by atoms with Crippen molar-refractivity contribution in [2.45, 2.75) is 32.2 Å². The van der Waals surface area contributed by atoms with Crippen LogP contribution in [0.25, 0.3) is 0 Å². The van der Waals surface area contributed by atoms with E-state index >= 15 is 0 Å². The van der Waals surface area contributed by atoms with Crippen LogP contribution in [0.2, 0.25) is 10.0 Å². The topological polar surface area (TPSA) is 55.1 Å². The first-order valence-electron chi connectivity index (χ1n) is 8.90. The fourth-order valence-electron chi connectivity index (χ4n) is 3.39. The molecule has 152 valence electrons. The first kappa shape index (κ1) is 21.8. The van der Waals surface area contributed by atoms with Gasteiger partial charge in [-0.1, -0.05) is 47.5 Å². The molecule has 0 saturated heterocycles. The SMILES string of the molecule is CC(C)n1c(Br)nc(C(=O)O)c1C(Cc1cccc(Cl)c1F)c1ccc(Cl)cc1. The number of nitrogens with zero attached hydrogens (tertiary/aromatic N) is 2. The summed E-state index contributed by atoms with van der Waals surface area (Å²) in [7, 11) is 0. The highest BCUT2D eigenvalue weighted by molar-refractivity contribution is 9.10. The first-order chi connectivity index (χ1) is 13.7. The molecule has 3 aromatic rings. The smallest absolute Gasteiger partial charge is 0.356 e. The predicted molar refractivity (Wildman–Crippen MR) is 116 cm³/mol. The summed E-state index contributed by atoms with van der Waals surface area (Å²) in [5.74, 6) is -2.14. The minimum Gasteiger partial charge on any atom is -0.476 e. The van der Waals surface area contributed by atoms with E-state index in [2.05, 4.69) is 20.9 Å². The Kier molecular flexibility index (Phi) is 6.66. The molecule has 0 aliphatic heterocycles. The molecule has 0 amide bonds. The second-order valence-corrected chi connectivity index (χ2v) is 8.46. The van der Waals surface area contributed by atoms with Crippen LogP contribution >= 0.6 is 39.1 Å². The van der Waals surface area contributed by atoms with Crippen molar-refractivity contribution >= 4 is 45.1 Å². The summed E-state index contributed by atoms with van der Waals surface area (Å²) in [6.07, 6.45) is 0.207. The minimum atomic E-state index is -1.15. The lowest BCUT2D eigenvalue weighted by Crippen LogP contribution is -2.17. The van der Waals surface area contributed by atoms with Gasteiger partial charge in [0, 0.05) is 17.0 Å². The van der Waals surface area contributed by atoms with Crippen LogP contribution in [-0.4, -0.2) is 20.6 Å². The van der Waals surface area contributed by atoms with Gasteiger partial charge < -0.3 is 9.67 Å². The van der Waals surface area contributed by atoms with Crippen LogP contribution in [0.1, 0.15) is 53.1 Å². The number of aromatic nitrogens is 2. The zero-order valence-electron chi connectivity index (χ0n) is 15.7. The Labute approximate surface area is 186 Å². The molecule has 1 aromatic heterocycles. The van der Waals surface area contributed by atoms with E-state index in [1.165, 1.54) is 6.07 Å². The van der Waals surface area contributed by atoms with Gasteiger partial charge in [0.1, 0.15) is 5.82 Å². The molecule has 1 heterocycles. The van der Waals surface area contributed by atoms with E-state index in [1.807, 2.05) is 30.5 Å². The van der Waals surface area contributed by atoms with Crippen molar-refractivity contribution in [2.24, 2.45) is 0 Å². The van der Waals surface area contributed by atoms with Crippen molar-refractivity contribution < 1.29 is 14.3 Å². The lowest BCUT2D eigenvalue weighted by molar-refractivity contribution is 0.0689. The highest BCUT2D eigenvalue weighted by Crippen LogP contribution is 2.36. The maximum absolute atomic E-state index is 14.7. The number of carbonyl (C=O) groups is 1. The summed E-state index contributed by atoms with van der Waals surface area (Å²) >= 11 is 15.4. The monoisotopic (exact) mass is 498 g/mol. The maximum Gasteiger partial charge on any atom is 0.356 e. The van der Waals surface area contributed by atoms with Gasteiger partial charge in [-0.05, 0) is 65.5 Å². The quantitative estimate of drug-likeness (QED) is 0.408. The Balaban J connectivity index is 2.25. The Bertz CT molecular complexity index is 1050. The van der Waals surface area contributed by atoms with Gasteiger partial charge in [-0.2, -0.15) is 0 Å². The van der Waals surface area contributed by atoms with E-state index in [-0.39, 0.29) is 23.2 Å². The van der Waals surface area contributed by atoms with Gasteiger partial charge in [-0.3, -0.25) is 0 Å². The summed E-state index contributed by atoms with van der Waals surface area (Å²) in [6.45, 7) is 3.86. The highest BCUT2D eigenvalue weighted by Gasteiger charge is 2.30. The van der Waals surface area contributed by atoms with E-state index in [4.69, 9.17) is 23.2 Å². The van der Waals surface area contributed by atoms with Gasteiger partial charge in [0.15, 0.2) is 10.4 Å². The Morgan fingerprint density at radius 2 is 1.86 bits per heavy atom. The van der Waals surface area contributed by atoms with E-state index in [1.54, 1.807) is 24.3 Å². The molecule has 0 saturated carbocycles. The molecule has 2 aromatic carbocycles. The zero-order chi connectivity index (χ0) is 21.3. The number of imidazole rings is 1. The van der Waals surface area contributed by atoms with Crippen molar-refractivity contribution in [3.63, 3.8) is 0 Å². The maximum atomic E-state index is 14.7. The Morgan fingerprint density at radius 1 is 1.21 bits per heavy atom. The lowest BCUT2D eigenvalue weighted by atomic mass is 9.87. The predicted octanol–water partition coefficient (Wildman–Crippen LogP) is 6.75. The molecule has 0 fully saturated rings. The van der Waals surface area contributed by atoms with Gasteiger partial charge >= 0.3 is 5.97 Å². The third-order valence-electron chi connectivity index (χ3n) is 4.68. The summed E-state index contributed by atoms with van der Waals surface area (Å²) < 4.78 is 16.9. The molecule has 1 N–H and O–H groups in total. The second kappa shape index (κ2) is 8.86. The molecule has 4 nitrogen and oxygen atoms in total. The minimum absolute atomic E-state index is 0.0226. The number of aromatic carboxylic acids is 1. The molecule has 0 aliphatic carbocycles. The van der Waals surface area contributed by atoms with E-state index in [0.29, 0.717) is 21.0 Å². The molecular formula is C21H18BrCl2FN2O2. The average molecular weight is 500 g/mol. The molecule has 1 atom stereocenters. The third-order valence-corrected chi connectivity index (χ3v) is 5.79. The largest absolute Gasteiger partial charge is 0.476 e. The van der Waals surface area contributed by atoms with Crippen molar-refractivity contribution in [2.75, 3.05) is 0 Å². The Hall–Kier alpha value is -1.89. The van der Waals surface area contributed by atoms with Crippen LogP contribution in [0.3, 0.4) is 0 Å². The van der Waals surface area contributed by atoms with Gasteiger partial charge in [0.25, 0.3) is 0 Å². The first-order valence-corrected chi connectivity index (χ1v) is 10.4. The van der Waals surface area contributed by atoms with Crippen LogP contribution < -0.4 is 0 Å². The fourth-order valence-corrected chi connectivity index (χ4v) is 4.49. The van der Waals surface area contributed by atoms with E-state index in [0.717, 1.165) is 5.56 Å². The van der Waals surface area contributed by atoms with Crippen molar-refractivity contribution in [1.29, 1.82) is 0 Å². The number of benzene rings is 2. The number of hydrogen-bond acceptors (Lipinski definition) is 2. The van der Waals surface area contributed by atoms with Crippen molar-refractivity contribution in [1.82, 2.24) is 9.55 Å². The highest BCUT2D eigenvalue weighted by atomic mass is 79.9. The molecule has 0 radical (unpaired) electrons. The molecule has 8 heteroatoms. The third kappa shape index (κ3) is 4.49. The second-order valence-electron chi connectivity index (χ2n) is 6.90. The molecule has 0 bridgehead atoms. The summed E-state index contributed by atoms with van der Waals surface area (Å²) in [5, 5.41) is 10.4. The average Bonchev–Trinajstić information content (AvgIpc) is 3.01. The number of carboxylic acids is 1. The van der Waals surface area contributed by atoms with Gasteiger partial charge in [0.2, 0.25) is 0 Å². The van der Waals surface area contributed by atoms with Crippen molar-refractivity contribution in [3.05, 3.63) is 85.6 Å². The molecule has 1 unspecified atom stereocenters. The van der Waals surface area contributed by atoms with Gasteiger partial charge in [0.05, 0.1) is 10.7 Å². The van der Waals surface area contributed by atoms with Crippen LogP contribution in [0, 0.1) is 5.82 Å². The van der Waals surface area contributed by atoms with Gasteiger partial charge in [-0.15, -0.1) is 0 Å². The Morgan fingerprint density at radius 3 is 2.45 bits per heavy atom. The molecule has 0 aliphatic rings.